The number of nitrogens with one attached hydrogen (secondary N) is 3. The molecular weight excluding hydrogens is 618 g/mol. The third-order valence-electron chi connectivity index (χ3n) is 8.34. The Morgan fingerprint density at radius 1 is 1.00 bits per heavy atom. The first kappa shape index (κ1) is 33.6. The highest BCUT2D eigenvalue weighted by Crippen LogP contribution is 2.29. The number of amides is 3. The maximum Gasteiger partial charge on any atom is 0.421 e. The number of ether oxygens (including phenoxy) is 1. The number of hydrogen-bond donors (Lipinski definition) is 3. The van der Waals surface area contributed by atoms with E-state index in [1.807, 2.05) is 26.0 Å². The van der Waals surface area contributed by atoms with Gasteiger partial charge in [-0.25, -0.2) is 27.7 Å². The van der Waals surface area contributed by atoms with Crippen LogP contribution in [-0.4, -0.2) is 43.2 Å². The monoisotopic (exact) mass is 659 g/mol. The van der Waals surface area contributed by atoms with Crippen LogP contribution in [0.15, 0.2) is 76.4 Å². The molecule has 1 aromatic heterocycles. The number of carbonyl (C=O) groups excluding carboxylic acids is 2. The number of nitrogens with zero attached hydrogens (tertiary/aromatic N) is 2. The number of hydrogen-bond acceptors (Lipinski definition) is 7. The average molecular weight is 660 g/mol. The summed E-state index contributed by atoms with van der Waals surface area (Å²) in [6.07, 6.45) is 5.73. The molecule has 47 heavy (non-hydrogen) atoms. The Bertz CT molecular complexity index is 1900. The number of benzene rings is 3. The summed E-state index contributed by atoms with van der Waals surface area (Å²) in [6, 6.07) is 18.4. The summed E-state index contributed by atoms with van der Waals surface area (Å²) in [5, 5.41) is 5.80. The van der Waals surface area contributed by atoms with E-state index in [4.69, 9.17) is 9.72 Å². The van der Waals surface area contributed by atoms with Crippen molar-refractivity contribution in [1.29, 1.82) is 0 Å². The van der Waals surface area contributed by atoms with Crippen molar-refractivity contribution in [2.24, 2.45) is 5.92 Å². The molecule has 0 aliphatic heterocycles. The van der Waals surface area contributed by atoms with Gasteiger partial charge in [-0.2, -0.15) is 0 Å². The Balaban J connectivity index is 1.35. The van der Waals surface area contributed by atoms with Gasteiger partial charge in [0.15, 0.2) is 0 Å². The van der Waals surface area contributed by atoms with Gasteiger partial charge in [0, 0.05) is 24.2 Å². The molecular formula is C35H41N5O6S. The minimum absolute atomic E-state index is 0.0438. The van der Waals surface area contributed by atoms with Gasteiger partial charge in [-0.05, 0) is 61.1 Å². The van der Waals surface area contributed by atoms with Gasteiger partial charge in [0.05, 0.1) is 29.0 Å². The smallest absolute Gasteiger partial charge is 0.421 e. The van der Waals surface area contributed by atoms with E-state index in [1.165, 1.54) is 18.9 Å². The van der Waals surface area contributed by atoms with Gasteiger partial charge in [0.2, 0.25) is 0 Å². The summed E-state index contributed by atoms with van der Waals surface area (Å²) in [5.41, 5.74) is 2.68. The first-order chi connectivity index (χ1) is 22.7. The number of sulfonamides is 1. The summed E-state index contributed by atoms with van der Waals surface area (Å²) in [5.74, 6) is 1.17. The first-order valence-electron chi connectivity index (χ1n) is 16.1. The zero-order valence-electron chi connectivity index (χ0n) is 26.8. The molecule has 1 aliphatic rings. The Morgan fingerprint density at radius 2 is 1.74 bits per heavy atom. The summed E-state index contributed by atoms with van der Waals surface area (Å²) in [7, 11) is -4.21. The molecule has 248 valence electrons. The molecule has 0 unspecified atom stereocenters. The molecule has 1 fully saturated rings. The van der Waals surface area contributed by atoms with Crippen molar-refractivity contribution in [3.8, 4) is 11.1 Å². The van der Waals surface area contributed by atoms with Gasteiger partial charge >= 0.3 is 12.1 Å². The highest BCUT2D eigenvalue weighted by molar-refractivity contribution is 7.90. The molecule has 5 rings (SSSR count). The van der Waals surface area contributed by atoms with Gasteiger partial charge in [-0.15, -0.1) is 0 Å². The van der Waals surface area contributed by atoms with Crippen molar-refractivity contribution in [3.05, 3.63) is 88.5 Å². The Hall–Kier alpha value is -4.71. The van der Waals surface area contributed by atoms with E-state index in [9.17, 15) is 22.8 Å². The van der Waals surface area contributed by atoms with E-state index in [-0.39, 0.29) is 29.6 Å². The zero-order chi connectivity index (χ0) is 33.4. The van der Waals surface area contributed by atoms with Gasteiger partial charge in [0.25, 0.3) is 15.6 Å². The molecule has 3 amide bonds. The van der Waals surface area contributed by atoms with Crippen LogP contribution in [0.2, 0.25) is 0 Å². The Kier molecular flexibility index (Phi) is 10.9. The van der Waals surface area contributed by atoms with E-state index < -0.39 is 16.1 Å². The molecule has 3 aromatic carbocycles. The lowest BCUT2D eigenvalue weighted by Crippen LogP contribution is -2.31. The number of aromatic nitrogens is 2. The number of carbonyl (C=O) groups is 2. The first-order valence-corrected chi connectivity index (χ1v) is 17.6. The zero-order valence-corrected chi connectivity index (χ0v) is 27.6. The van der Waals surface area contributed by atoms with Crippen LogP contribution in [0.25, 0.3) is 22.0 Å². The van der Waals surface area contributed by atoms with Crippen molar-refractivity contribution in [2.45, 2.75) is 70.2 Å². The summed E-state index contributed by atoms with van der Waals surface area (Å²) in [4.78, 5) is 42.9. The fraction of sp³-hybridized carbons (Fsp3) is 0.371. The van der Waals surface area contributed by atoms with Gasteiger partial charge in [0.1, 0.15) is 5.82 Å². The molecule has 1 aliphatic carbocycles. The SMILES string of the molecule is CCCc1nc2ccc(NC(=O)NCC)cc2c(=O)n1Cc1ccc(-c2ccccc2S(=O)(=O)NC(=O)OCCC2CCCC2)cc1. The molecule has 4 aromatic rings. The van der Waals surface area contributed by atoms with Crippen molar-refractivity contribution in [2.75, 3.05) is 18.5 Å². The lowest BCUT2D eigenvalue weighted by Gasteiger charge is -2.15. The van der Waals surface area contributed by atoms with Crippen LogP contribution in [0.4, 0.5) is 15.3 Å². The quantitative estimate of drug-likeness (QED) is 0.164. The van der Waals surface area contributed by atoms with Gasteiger partial charge in [-0.3, -0.25) is 9.36 Å². The topological polar surface area (TPSA) is 148 Å². The van der Waals surface area contributed by atoms with E-state index >= 15 is 0 Å². The number of anilines is 1. The van der Waals surface area contributed by atoms with E-state index in [0.29, 0.717) is 52.4 Å². The third-order valence-corrected chi connectivity index (χ3v) is 9.71. The molecule has 0 bridgehead atoms. The Labute approximate surface area is 274 Å². The second-order valence-electron chi connectivity index (χ2n) is 11.8. The fourth-order valence-electron chi connectivity index (χ4n) is 5.98. The Morgan fingerprint density at radius 3 is 2.47 bits per heavy atom. The largest absolute Gasteiger partial charge is 0.449 e. The van der Waals surface area contributed by atoms with Gasteiger partial charge < -0.3 is 15.4 Å². The predicted molar refractivity (Wildman–Crippen MR) is 182 cm³/mol. The van der Waals surface area contributed by atoms with Gasteiger partial charge in [-0.1, -0.05) is 75.1 Å². The molecule has 12 heteroatoms. The third kappa shape index (κ3) is 8.37. The van der Waals surface area contributed by atoms with Crippen molar-refractivity contribution < 1.29 is 22.7 Å². The second kappa shape index (κ2) is 15.3. The average Bonchev–Trinajstić information content (AvgIpc) is 3.57. The minimum atomic E-state index is -4.21. The van der Waals surface area contributed by atoms with E-state index in [0.717, 1.165) is 31.2 Å². The minimum Gasteiger partial charge on any atom is -0.449 e. The predicted octanol–water partition coefficient (Wildman–Crippen LogP) is 6.20. The second-order valence-corrected chi connectivity index (χ2v) is 13.4. The summed E-state index contributed by atoms with van der Waals surface area (Å²) < 4.78 is 35.4. The molecule has 0 saturated heterocycles. The van der Waals surface area contributed by atoms with Crippen molar-refractivity contribution >= 4 is 38.7 Å². The highest BCUT2D eigenvalue weighted by atomic mass is 32.2. The number of rotatable bonds is 12. The fourth-order valence-corrected chi connectivity index (χ4v) is 7.10. The lowest BCUT2D eigenvalue weighted by molar-refractivity contribution is 0.145. The number of aryl methyl sites for hydroxylation is 1. The van der Waals surface area contributed by atoms with Crippen LogP contribution in [0.3, 0.4) is 0 Å². The maximum atomic E-state index is 13.7. The van der Waals surface area contributed by atoms with Crippen LogP contribution >= 0.6 is 0 Å². The van der Waals surface area contributed by atoms with E-state index in [1.54, 1.807) is 53.1 Å². The van der Waals surface area contributed by atoms with Crippen molar-refractivity contribution in [3.63, 3.8) is 0 Å². The van der Waals surface area contributed by atoms with Crippen LogP contribution in [-0.2, 0) is 27.7 Å². The van der Waals surface area contributed by atoms with Crippen LogP contribution in [0.5, 0.6) is 0 Å². The molecule has 1 heterocycles. The molecule has 0 spiro atoms. The van der Waals surface area contributed by atoms with Crippen LogP contribution in [0, 0.1) is 5.92 Å². The number of fused-ring (bicyclic) bond motifs is 1. The summed E-state index contributed by atoms with van der Waals surface area (Å²) >= 11 is 0. The standard InChI is InChI=1S/C35H41N5O6S/c1-3-9-32-38-30-19-18-27(37-34(42)36-4-2)22-29(30)33(41)40(32)23-25-14-16-26(17-15-25)28-12-7-8-13-31(28)47(44,45)39-35(43)46-21-20-24-10-5-6-11-24/h7-8,12-19,22,24H,3-6,9-11,20-21,23H2,1-2H3,(H,39,43)(H2,36,37,42). The normalized spacial score (nSPS) is 13.4. The van der Waals surface area contributed by atoms with Crippen molar-refractivity contribution in [1.82, 2.24) is 19.6 Å². The van der Waals surface area contributed by atoms with E-state index in [2.05, 4.69) is 15.4 Å². The molecule has 0 atom stereocenters. The van der Waals surface area contributed by atoms with Crippen LogP contribution < -0.4 is 20.9 Å². The lowest BCUT2D eigenvalue weighted by atomic mass is 10.0. The molecule has 1 saturated carbocycles. The molecule has 0 radical (unpaired) electrons. The number of urea groups is 1. The highest BCUT2D eigenvalue weighted by Gasteiger charge is 2.23. The summed E-state index contributed by atoms with van der Waals surface area (Å²) in [6.45, 7) is 4.74. The maximum absolute atomic E-state index is 13.7. The molecule has 11 nitrogen and oxygen atoms in total. The molecule has 3 N–H and O–H groups in total. The van der Waals surface area contributed by atoms with Crippen LogP contribution in [0.1, 0.15) is 63.8 Å².